The van der Waals surface area contributed by atoms with Gasteiger partial charge in [0.05, 0.1) is 18.4 Å². The Morgan fingerprint density at radius 3 is 2.65 bits per heavy atom. The molecule has 1 N–H and O–H groups in total. The molecule has 0 unspecified atom stereocenters. The Bertz CT molecular complexity index is 564. The molecule has 0 spiro atoms. The SMILES string of the molecule is C[C@@H](N=c1nccnn1O)c1ccc(F)cc1. The van der Waals surface area contributed by atoms with Gasteiger partial charge in [0.2, 0.25) is 0 Å². The van der Waals surface area contributed by atoms with E-state index in [1.165, 1.54) is 24.5 Å². The number of benzene rings is 1. The molecule has 0 aliphatic rings. The molecular formula is C11H11FN4O. The van der Waals surface area contributed by atoms with E-state index < -0.39 is 0 Å². The van der Waals surface area contributed by atoms with Gasteiger partial charge in [-0.25, -0.2) is 14.4 Å². The van der Waals surface area contributed by atoms with E-state index >= 15 is 0 Å². The molecule has 0 fully saturated rings. The highest BCUT2D eigenvalue weighted by Gasteiger charge is 2.04. The number of rotatable bonds is 2. The maximum absolute atomic E-state index is 12.7. The standard InChI is InChI=1S/C11H11FN4O/c1-8(9-2-4-10(12)5-3-9)15-11-13-6-7-14-16(11)17/h2-8,17H,1H3/t8-/m1/s1. The molecule has 1 aromatic carbocycles. The van der Waals surface area contributed by atoms with Crippen LogP contribution in [0.15, 0.2) is 41.7 Å². The van der Waals surface area contributed by atoms with Gasteiger partial charge in [0, 0.05) is 0 Å². The van der Waals surface area contributed by atoms with Crippen molar-refractivity contribution in [3.63, 3.8) is 0 Å². The van der Waals surface area contributed by atoms with E-state index in [4.69, 9.17) is 0 Å². The molecule has 1 atom stereocenters. The number of aromatic nitrogens is 3. The van der Waals surface area contributed by atoms with Crippen molar-refractivity contribution < 1.29 is 9.60 Å². The monoisotopic (exact) mass is 234 g/mol. The molecule has 0 bridgehead atoms. The largest absolute Gasteiger partial charge is 0.409 e. The molecular weight excluding hydrogens is 223 g/mol. The first kappa shape index (κ1) is 11.3. The van der Waals surface area contributed by atoms with Crippen LogP contribution in [0.1, 0.15) is 18.5 Å². The third kappa shape index (κ3) is 2.66. The highest BCUT2D eigenvalue weighted by atomic mass is 19.1. The first-order chi connectivity index (χ1) is 8.16. The number of halogens is 1. The average molecular weight is 234 g/mol. The van der Waals surface area contributed by atoms with Crippen LogP contribution in [-0.2, 0) is 0 Å². The van der Waals surface area contributed by atoms with Gasteiger partial charge in [-0.2, -0.15) is 0 Å². The number of nitrogens with zero attached hydrogens (tertiary/aromatic N) is 4. The van der Waals surface area contributed by atoms with Gasteiger partial charge in [-0.05, 0) is 24.6 Å². The van der Waals surface area contributed by atoms with Crippen molar-refractivity contribution in [3.05, 3.63) is 53.7 Å². The van der Waals surface area contributed by atoms with Gasteiger partial charge in [0.25, 0.3) is 5.62 Å². The van der Waals surface area contributed by atoms with Crippen LogP contribution in [-0.4, -0.2) is 20.1 Å². The second-order valence-corrected chi connectivity index (χ2v) is 3.49. The molecule has 0 saturated carbocycles. The van der Waals surface area contributed by atoms with Crippen LogP contribution in [0.25, 0.3) is 0 Å². The van der Waals surface area contributed by atoms with Crippen LogP contribution < -0.4 is 5.62 Å². The molecule has 2 aromatic rings. The molecule has 0 aliphatic heterocycles. The molecule has 6 heteroatoms. The summed E-state index contributed by atoms with van der Waals surface area (Å²) in [5.74, 6) is -0.294. The first-order valence-electron chi connectivity index (χ1n) is 5.06. The quantitative estimate of drug-likeness (QED) is 0.797. The summed E-state index contributed by atoms with van der Waals surface area (Å²) in [5.41, 5.74) is 0.932. The Hall–Kier alpha value is -2.24. The highest BCUT2D eigenvalue weighted by molar-refractivity contribution is 5.19. The summed E-state index contributed by atoms with van der Waals surface area (Å²) in [6, 6.07) is 5.77. The van der Waals surface area contributed by atoms with Crippen LogP contribution in [0.3, 0.4) is 0 Å². The molecule has 2 rings (SSSR count). The fraction of sp³-hybridized carbons (Fsp3) is 0.182. The van der Waals surface area contributed by atoms with E-state index in [2.05, 4.69) is 15.1 Å². The third-order valence-corrected chi connectivity index (χ3v) is 2.27. The van der Waals surface area contributed by atoms with Crippen molar-refractivity contribution in [1.29, 1.82) is 0 Å². The zero-order valence-electron chi connectivity index (χ0n) is 9.16. The van der Waals surface area contributed by atoms with Crippen LogP contribution in [0, 0.1) is 5.82 Å². The lowest BCUT2D eigenvalue weighted by Gasteiger charge is -2.05. The number of hydrogen-bond acceptors (Lipinski definition) is 4. The van der Waals surface area contributed by atoms with E-state index in [1.54, 1.807) is 12.1 Å². The minimum atomic E-state index is -0.294. The Morgan fingerprint density at radius 2 is 2.00 bits per heavy atom. The summed E-state index contributed by atoms with van der Waals surface area (Å²) >= 11 is 0. The predicted molar refractivity (Wildman–Crippen MR) is 57.6 cm³/mol. The summed E-state index contributed by atoms with van der Waals surface area (Å²) in [4.78, 5) is 8.64. The highest BCUT2D eigenvalue weighted by Crippen LogP contribution is 2.15. The fourth-order valence-corrected chi connectivity index (χ4v) is 1.37. The van der Waals surface area contributed by atoms with Crippen LogP contribution in [0.2, 0.25) is 0 Å². The predicted octanol–water partition coefficient (Wildman–Crippen LogP) is 1.32. The van der Waals surface area contributed by atoms with Gasteiger partial charge < -0.3 is 5.21 Å². The minimum absolute atomic E-state index is 0.101. The van der Waals surface area contributed by atoms with Crippen molar-refractivity contribution in [2.45, 2.75) is 13.0 Å². The van der Waals surface area contributed by atoms with Crippen molar-refractivity contribution in [2.75, 3.05) is 0 Å². The molecule has 17 heavy (non-hydrogen) atoms. The first-order valence-corrected chi connectivity index (χ1v) is 5.06. The van der Waals surface area contributed by atoms with Crippen molar-refractivity contribution in [1.82, 2.24) is 14.9 Å². The summed E-state index contributed by atoms with van der Waals surface area (Å²) in [6.45, 7) is 1.82. The summed E-state index contributed by atoms with van der Waals surface area (Å²) < 4.78 is 12.7. The Labute approximate surface area is 96.9 Å². The lowest BCUT2D eigenvalue weighted by Crippen LogP contribution is -2.24. The third-order valence-electron chi connectivity index (χ3n) is 2.27. The van der Waals surface area contributed by atoms with E-state index in [0.717, 1.165) is 5.56 Å². The van der Waals surface area contributed by atoms with E-state index in [0.29, 0.717) is 4.85 Å². The van der Waals surface area contributed by atoms with Gasteiger partial charge in [0.15, 0.2) is 0 Å². The van der Waals surface area contributed by atoms with Gasteiger partial charge >= 0.3 is 0 Å². The maximum Gasteiger partial charge on any atom is 0.280 e. The smallest absolute Gasteiger partial charge is 0.280 e. The zero-order chi connectivity index (χ0) is 12.3. The molecule has 1 heterocycles. The fourth-order valence-electron chi connectivity index (χ4n) is 1.37. The summed E-state index contributed by atoms with van der Waals surface area (Å²) in [6.07, 6.45) is 2.78. The second-order valence-electron chi connectivity index (χ2n) is 3.49. The molecule has 0 amide bonds. The molecule has 0 radical (unpaired) electrons. The number of hydrogen-bond donors (Lipinski definition) is 1. The minimum Gasteiger partial charge on any atom is -0.409 e. The van der Waals surface area contributed by atoms with E-state index in [-0.39, 0.29) is 17.5 Å². The van der Waals surface area contributed by atoms with Gasteiger partial charge in [0.1, 0.15) is 5.82 Å². The van der Waals surface area contributed by atoms with Crippen molar-refractivity contribution in [3.8, 4) is 0 Å². The summed E-state index contributed by atoms with van der Waals surface area (Å²) in [7, 11) is 0. The normalized spacial score (nSPS) is 13.6. The molecule has 1 aromatic heterocycles. The van der Waals surface area contributed by atoms with Crippen LogP contribution in [0.4, 0.5) is 4.39 Å². The zero-order valence-corrected chi connectivity index (χ0v) is 9.16. The van der Waals surface area contributed by atoms with E-state index in [1.807, 2.05) is 6.92 Å². The lowest BCUT2D eigenvalue weighted by molar-refractivity contribution is 0.125. The average Bonchev–Trinajstić information content (AvgIpc) is 2.33. The molecule has 0 saturated heterocycles. The molecule has 0 aliphatic carbocycles. The van der Waals surface area contributed by atoms with E-state index in [9.17, 15) is 9.60 Å². The second kappa shape index (κ2) is 4.73. The van der Waals surface area contributed by atoms with Crippen LogP contribution in [0.5, 0.6) is 0 Å². The van der Waals surface area contributed by atoms with Gasteiger partial charge in [-0.3, -0.25) is 0 Å². The van der Waals surface area contributed by atoms with Crippen molar-refractivity contribution in [2.24, 2.45) is 4.99 Å². The van der Waals surface area contributed by atoms with Crippen molar-refractivity contribution >= 4 is 0 Å². The van der Waals surface area contributed by atoms with Gasteiger partial charge in [-0.1, -0.05) is 17.0 Å². The molecule has 5 nitrogen and oxygen atoms in total. The summed E-state index contributed by atoms with van der Waals surface area (Å²) in [5, 5.41) is 12.9. The Kier molecular flexibility index (Phi) is 3.13. The maximum atomic E-state index is 12.7. The van der Waals surface area contributed by atoms with Gasteiger partial charge in [-0.15, -0.1) is 5.10 Å². The Morgan fingerprint density at radius 1 is 1.29 bits per heavy atom. The topological polar surface area (TPSA) is 63.3 Å². The van der Waals surface area contributed by atoms with Crippen LogP contribution >= 0.6 is 0 Å². The lowest BCUT2D eigenvalue weighted by atomic mass is 10.1. The Balaban J connectivity index is 2.33. The molecule has 88 valence electrons.